The van der Waals surface area contributed by atoms with E-state index in [4.69, 9.17) is 0 Å². The lowest BCUT2D eigenvalue weighted by Gasteiger charge is -2.11. The number of nitrogens with one attached hydrogen (secondary N) is 1. The number of likely N-dealkylation sites (N-methyl/N-ethyl adjacent to an activating group) is 1. The Morgan fingerprint density at radius 2 is 1.77 bits per heavy atom. The van der Waals surface area contributed by atoms with Gasteiger partial charge in [0.15, 0.2) is 5.65 Å². The quantitative estimate of drug-likeness (QED) is 0.263. The Balaban J connectivity index is 1.70. The van der Waals surface area contributed by atoms with Crippen LogP contribution in [0.25, 0.3) is 16.9 Å². The second-order valence-electron chi connectivity index (χ2n) is 8.71. The van der Waals surface area contributed by atoms with Crippen LogP contribution in [0.15, 0.2) is 65.7 Å². The molecule has 0 aliphatic rings. The summed E-state index contributed by atoms with van der Waals surface area (Å²) in [4.78, 5) is 6.17. The fourth-order valence-corrected chi connectivity index (χ4v) is 4.64. The van der Waals surface area contributed by atoms with Crippen molar-refractivity contribution >= 4 is 15.7 Å². The molecule has 0 atom stereocenters. The third-order valence-electron chi connectivity index (χ3n) is 5.57. The van der Waals surface area contributed by atoms with Gasteiger partial charge in [-0.05, 0) is 50.5 Å². The van der Waals surface area contributed by atoms with Crippen LogP contribution in [0.4, 0.5) is 22.0 Å². The first-order valence-electron chi connectivity index (χ1n) is 11.5. The third-order valence-corrected chi connectivity index (χ3v) is 7.03. The van der Waals surface area contributed by atoms with E-state index in [0.29, 0.717) is 12.1 Å². The number of sulfonamides is 1. The molecule has 0 spiro atoms. The van der Waals surface area contributed by atoms with E-state index in [1.807, 2.05) is 19.0 Å². The molecular formula is C26H22F5N5O2S. The Hall–Kier alpha value is -3.86. The highest BCUT2D eigenvalue weighted by Crippen LogP contribution is 2.32. The summed E-state index contributed by atoms with van der Waals surface area (Å²) in [6.07, 6.45) is -6.26. The Bertz CT molecular complexity index is 1650. The van der Waals surface area contributed by atoms with Gasteiger partial charge in [0.1, 0.15) is 5.69 Å². The van der Waals surface area contributed by atoms with Crippen molar-refractivity contribution in [3.8, 4) is 23.1 Å². The van der Waals surface area contributed by atoms with Crippen LogP contribution in [0.3, 0.4) is 0 Å². The minimum absolute atomic E-state index is 0.00984. The molecule has 1 N–H and O–H groups in total. The van der Waals surface area contributed by atoms with Gasteiger partial charge >= 0.3 is 6.18 Å². The summed E-state index contributed by atoms with van der Waals surface area (Å²) in [6.45, 7) is 0.725. The molecule has 0 saturated carbocycles. The van der Waals surface area contributed by atoms with Crippen LogP contribution < -0.4 is 4.72 Å². The summed E-state index contributed by atoms with van der Waals surface area (Å²) in [5.74, 6) is 5.58. The normalized spacial score (nSPS) is 12.2. The smallest absolute Gasteiger partial charge is 0.308 e. The third kappa shape index (κ3) is 6.59. The van der Waals surface area contributed by atoms with Crippen molar-refractivity contribution in [3.05, 3.63) is 83.2 Å². The summed E-state index contributed by atoms with van der Waals surface area (Å²) in [5, 5.41) is 3.95. The SMILES string of the molecule is CN(C)CCNS(=O)(=O)c1cccc(C#Cc2cnn3c(C(F)F)cc(-c4ccc(C(F)(F)F)cc4)nc23)c1. The van der Waals surface area contributed by atoms with E-state index in [1.54, 1.807) is 6.07 Å². The molecule has 2 aromatic carbocycles. The van der Waals surface area contributed by atoms with Gasteiger partial charge in [0.25, 0.3) is 6.43 Å². The first-order valence-corrected chi connectivity index (χ1v) is 12.9. The molecular weight excluding hydrogens is 541 g/mol. The number of hydrogen-bond donors (Lipinski definition) is 1. The lowest BCUT2D eigenvalue weighted by atomic mass is 10.1. The molecule has 204 valence electrons. The van der Waals surface area contributed by atoms with Gasteiger partial charge in [-0.25, -0.2) is 31.4 Å². The molecule has 0 aliphatic heterocycles. The van der Waals surface area contributed by atoms with E-state index >= 15 is 0 Å². The molecule has 4 aromatic rings. The molecule has 0 amide bonds. The summed E-state index contributed by atoms with van der Waals surface area (Å²) in [5.41, 5.74) is -0.682. The number of nitrogens with zero attached hydrogens (tertiary/aromatic N) is 4. The Morgan fingerprint density at radius 3 is 2.41 bits per heavy atom. The Kier molecular flexibility index (Phi) is 8.01. The highest BCUT2D eigenvalue weighted by atomic mass is 32.2. The number of rotatable bonds is 7. The van der Waals surface area contributed by atoms with Crippen LogP contribution >= 0.6 is 0 Å². The van der Waals surface area contributed by atoms with Crippen LogP contribution in [0.1, 0.15) is 28.8 Å². The van der Waals surface area contributed by atoms with Gasteiger partial charge in [-0.2, -0.15) is 18.3 Å². The Morgan fingerprint density at radius 1 is 1.05 bits per heavy atom. The average Bonchev–Trinajstić information content (AvgIpc) is 3.29. The second kappa shape index (κ2) is 11.1. The summed E-state index contributed by atoms with van der Waals surface area (Å²) in [6, 6.07) is 11.0. The van der Waals surface area contributed by atoms with E-state index in [0.717, 1.165) is 34.8 Å². The van der Waals surface area contributed by atoms with Crippen molar-refractivity contribution in [2.45, 2.75) is 17.5 Å². The van der Waals surface area contributed by atoms with E-state index in [1.165, 1.54) is 24.4 Å². The fraction of sp³-hybridized carbons (Fsp3) is 0.231. The minimum Gasteiger partial charge on any atom is -0.308 e. The molecule has 2 heterocycles. The van der Waals surface area contributed by atoms with E-state index in [-0.39, 0.29) is 33.9 Å². The van der Waals surface area contributed by atoms with Gasteiger partial charge < -0.3 is 4.90 Å². The highest BCUT2D eigenvalue weighted by Gasteiger charge is 2.30. The van der Waals surface area contributed by atoms with Crippen LogP contribution in [0, 0.1) is 11.8 Å². The molecule has 4 rings (SSSR count). The van der Waals surface area contributed by atoms with Crippen LogP contribution in [0.2, 0.25) is 0 Å². The van der Waals surface area contributed by atoms with Crippen molar-refractivity contribution in [3.63, 3.8) is 0 Å². The largest absolute Gasteiger partial charge is 0.416 e. The van der Waals surface area contributed by atoms with Crippen molar-refractivity contribution < 1.29 is 30.4 Å². The predicted molar refractivity (Wildman–Crippen MR) is 135 cm³/mol. The zero-order chi connectivity index (χ0) is 28.4. The molecule has 39 heavy (non-hydrogen) atoms. The van der Waals surface area contributed by atoms with E-state index < -0.39 is 33.9 Å². The number of benzene rings is 2. The molecule has 7 nitrogen and oxygen atoms in total. The van der Waals surface area contributed by atoms with E-state index in [9.17, 15) is 30.4 Å². The molecule has 0 bridgehead atoms. The van der Waals surface area contributed by atoms with Crippen molar-refractivity contribution in [2.24, 2.45) is 0 Å². The number of hydrogen-bond acceptors (Lipinski definition) is 5. The molecule has 2 aromatic heterocycles. The van der Waals surface area contributed by atoms with Crippen LogP contribution in [-0.4, -0.2) is 55.1 Å². The average molecular weight is 564 g/mol. The highest BCUT2D eigenvalue weighted by molar-refractivity contribution is 7.89. The zero-order valence-corrected chi connectivity index (χ0v) is 21.5. The number of aromatic nitrogens is 3. The summed E-state index contributed by atoms with van der Waals surface area (Å²) < 4.78 is 95.0. The fourth-order valence-electron chi connectivity index (χ4n) is 3.58. The molecule has 0 radical (unpaired) electrons. The predicted octanol–water partition coefficient (Wildman–Crippen LogP) is 4.59. The van der Waals surface area contributed by atoms with Crippen molar-refractivity contribution in [2.75, 3.05) is 27.2 Å². The summed E-state index contributed by atoms with van der Waals surface area (Å²) >= 11 is 0. The molecule has 13 heteroatoms. The maximum absolute atomic E-state index is 13.8. The minimum atomic E-state index is -4.54. The Labute approximate surface area is 221 Å². The monoisotopic (exact) mass is 563 g/mol. The van der Waals surface area contributed by atoms with Crippen molar-refractivity contribution in [1.29, 1.82) is 0 Å². The molecule has 0 unspecified atom stereocenters. The van der Waals surface area contributed by atoms with Crippen LogP contribution in [-0.2, 0) is 16.2 Å². The molecule has 0 saturated heterocycles. The summed E-state index contributed by atoms with van der Waals surface area (Å²) in [7, 11) is -0.144. The van der Waals surface area contributed by atoms with Gasteiger partial charge in [-0.1, -0.05) is 30.0 Å². The molecule has 0 aliphatic carbocycles. The van der Waals surface area contributed by atoms with Gasteiger partial charge in [0.2, 0.25) is 10.0 Å². The number of fused-ring (bicyclic) bond motifs is 1. The number of halogens is 5. The lowest BCUT2D eigenvalue weighted by Crippen LogP contribution is -2.31. The number of alkyl halides is 5. The van der Waals surface area contributed by atoms with Crippen molar-refractivity contribution in [1.82, 2.24) is 24.2 Å². The maximum atomic E-state index is 13.8. The van der Waals surface area contributed by atoms with E-state index in [2.05, 4.69) is 26.6 Å². The second-order valence-corrected chi connectivity index (χ2v) is 10.5. The standard InChI is InChI=1S/C26H22F5N5O2S/c1-35(2)13-12-33-39(37,38)21-5-3-4-17(14-21)6-7-19-16-32-36-23(24(27)28)15-22(34-25(19)36)18-8-10-20(11-9-18)26(29,30)31/h3-5,8-11,14-16,24,33H,12-13H2,1-2H3. The molecule has 0 fully saturated rings. The first kappa shape index (κ1) is 28.2. The van der Waals surface area contributed by atoms with Gasteiger partial charge in [-0.3, -0.25) is 0 Å². The zero-order valence-electron chi connectivity index (χ0n) is 20.7. The van der Waals surface area contributed by atoms with Gasteiger partial charge in [-0.15, -0.1) is 0 Å². The van der Waals surface area contributed by atoms with Gasteiger partial charge in [0.05, 0.1) is 27.9 Å². The van der Waals surface area contributed by atoms with Gasteiger partial charge in [0, 0.05) is 24.2 Å². The maximum Gasteiger partial charge on any atom is 0.416 e. The lowest BCUT2D eigenvalue weighted by molar-refractivity contribution is -0.137. The first-order chi connectivity index (χ1) is 18.3. The topological polar surface area (TPSA) is 79.6 Å². The van der Waals surface area contributed by atoms with Crippen LogP contribution in [0.5, 0.6) is 0 Å².